The molecule has 1 saturated carbocycles. The zero-order valence-electron chi connectivity index (χ0n) is 5.64. The summed E-state index contributed by atoms with van der Waals surface area (Å²) in [6, 6.07) is 0. The lowest BCUT2D eigenvalue weighted by Gasteiger charge is -1.93. The second-order valence-corrected chi connectivity index (χ2v) is 3.22. The second kappa shape index (κ2) is 1.73. The predicted molar refractivity (Wildman–Crippen MR) is 39.1 cm³/mol. The Labute approximate surface area is 56.3 Å². The van der Waals surface area contributed by atoms with Crippen molar-refractivity contribution in [3.05, 3.63) is 24.3 Å². The summed E-state index contributed by atoms with van der Waals surface area (Å²) in [6.45, 7) is 3.94. The molecule has 0 nitrogen and oxygen atoms in total. The molecule has 1 fully saturated rings. The topological polar surface area (TPSA) is 0 Å². The van der Waals surface area contributed by atoms with Crippen molar-refractivity contribution in [2.75, 3.05) is 0 Å². The average molecular weight is 120 g/mol. The van der Waals surface area contributed by atoms with Gasteiger partial charge in [0, 0.05) is 0 Å². The number of hydrogen-bond acceptors (Lipinski definition) is 0. The summed E-state index contributed by atoms with van der Waals surface area (Å²) in [5.74, 6) is 1.96. The lowest BCUT2D eigenvalue weighted by Crippen LogP contribution is -1.77. The molecule has 0 heterocycles. The molecule has 0 bridgehead atoms. The molecule has 9 heavy (non-hydrogen) atoms. The third-order valence-electron chi connectivity index (χ3n) is 2.39. The van der Waals surface area contributed by atoms with Gasteiger partial charge in [0.05, 0.1) is 0 Å². The van der Waals surface area contributed by atoms with E-state index >= 15 is 0 Å². The van der Waals surface area contributed by atoms with E-state index in [0.29, 0.717) is 0 Å². The zero-order valence-corrected chi connectivity index (χ0v) is 5.64. The highest BCUT2D eigenvalue weighted by molar-refractivity contribution is 5.21. The largest absolute Gasteiger partial charge is 0.0958 e. The minimum atomic E-state index is 0.934. The van der Waals surface area contributed by atoms with Gasteiger partial charge >= 0.3 is 0 Å². The van der Waals surface area contributed by atoms with Crippen LogP contribution in [-0.2, 0) is 0 Å². The molecule has 0 heteroatoms. The highest BCUT2D eigenvalue weighted by Gasteiger charge is 2.34. The lowest BCUT2D eigenvalue weighted by atomic mass is 10.1. The molecule has 0 amide bonds. The molecule has 0 saturated heterocycles. The first-order valence-corrected chi connectivity index (χ1v) is 3.72. The normalized spacial score (nSPS) is 39.8. The molecule has 0 aromatic carbocycles. The van der Waals surface area contributed by atoms with Gasteiger partial charge in [-0.25, -0.2) is 0 Å². The second-order valence-electron chi connectivity index (χ2n) is 3.22. The molecule has 2 unspecified atom stereocenters. The molecule has 0 aliphatic heterocycles. The van der Waals surface area contributed by atoms with Crippen molar-refractivity contribution in [2.45, 2.75) is 19.3 Å². The molecule has 2 aliphatic carbocycles. The van der Waals surface area contributed by atoms with Gasteiger partial charge in [0.1, 0.15) is 0 Å². The fraction of sp³-hybridized carbons (Fsp3) is 0.556. The number of fused-ring (bicyclic) bond motifs is 1. The fourth-order valence-corrected chi connectivity index (χ4v) is 1.55. The smallest absolute Gasteiger partial charge is 0.0199 e. The van der Waals surface area contributed by atoms with Crippen molar-refractivity contribution in [3.63, 3.8) is 0 Å². The van der Waals surface area contributed by atoms with E-state index in [9.17, 15) is 0 Å². The molecular weight excluding hydrogens is 108 g/mol. The van der Waals surface area contributed by atoms with Gasteiger partial charge in [-0.15, -0.1) is 0 Å². The Bertz CT molecular complexity index is 165. The van der Waals surface area contributed by atoms with E-state index in [1.54, 1.807) is 0 Å². The van der Waals surface area contributed by atoms with E-state index in [0.717, 1.165) is 11.8 Å². The molecule has 2 atom stereocenters. The minimum Gasteiger partial charge on any atom is -0.0958 e. The third-order valence-corrected chi connectivity index (χ3v) is 2.39. The van der Waals surface area contributed by atoms with Crippen molar-refractivity contribution in [2.24, 2.45) is 11.8 Å². The van der Waals surface area contributed by atoms with Crippen molar-refractivity contribution in [3.8, 4) is 0 Å². The summed E-state index contributed by atoms with van der Waals surface area (Å²) >= 11 is 0. The van der Waals surface area contributed by atoms with Crippen LogP contribution in [-0.4, -0.2) is 0 Å². The minimum absolute atomic E-state index is 0.934. The van der Waals surface area contributed by atoms with Crippen LogP contribution in [0.3, 0.4) is 0 Å². The predicted octanol–water partition coefficient (Wildman–Crippen LogP) is 2.53. The first-order valence-electron chi connectivity index (χ1n) is 3.72. The van der Waals surface area contributed by atoms with Crippen LogP contribution in [0.2, 0.25) is 0 Å². The molecule has 2 aliphatic rings. The Morgan fingerprint density at radius 1 is 1.56 bits per heavy atom. The highest BCUT2D eigenvalue weighted by Crippen LogP contribution is 2.45. The maximum Gasteiger partial charge on any atom is -0.0199 e. The first-order chi connectivity index (χ1) is 4.36. The van der Waals surface area contributed by atoms with Gasteiger partial charge in [-0.3, -0.25) is 0 Å². The Morgan fingerprint density at radius 2 is 2.44 bits per heavy atom. The van der Waals surface area contributed by atoms with Crippen molar-refractivity contribution >= 4 is 0 Å². The summed E-state index contributed by atoms with van der Waals surface area (Å²) in [5.41, 5.74) is 1.32. The van der Waals surface area contributed by atoms with Gasteiger partial charge < -0.3 is 0 Å². The summed E-state index contributed by atoms with van der Waals surface area (Å²) < 4.78 is 0. The van der Waals surface area contributed by atoms with E-state index < -0.39 is 0 Å². The maximum atomic E-state index is 3.94. The Balaban J connectivity index is 2.11. The van der Waals surface area contributed by atoms with Crippen LogP contribution >= 0.6 is 0 Å². The van der Waals surface area contributed by atoms with E-state index in [2.05, 4.69) is 18.7 Å². The summed E-state index contributed by atoms with van der Waals surface area (Å²) in [7, 11) is 0. The quantitative estimate of drug-likeness (QED) is 0.461. The Morgan fingerprint density at radius 3 is 3.33 bits per heavy atom. The van der Waals surface area contributed by atoms with Gasteiger partial charge in [-0.1, -0.05) is 24.3 Å². The van der Waals surface area contributed by atoms with Gasteiger partial charge in [-0.05, 0) is 31.1 Å². The van der Waals surface area contributed by atoms with Crippen LogP contribution in [0.15, 0.2) is 24.3 Å². The maximum absolute atomic E-state index is 3.94. The number of allylic oxidation sites excluding steroid dienone is 3. The van der Waals surface area contributed by atoms with Crippen LogP contribution in [0.4, 0.5) is 0 Å². The molecule has 0 aromatic heterocycles. The van der Waals surface area contributed by atoms with Crippen LogP contribution < -0.4 is 0 Å². The zero-order chi connectivity index (χ0) is 6.27. The van der Waals surface area contributed by atoms with Crippen LogP contribution in [0, 0.1) is 11.8 Å². The molecule has 0 spiro atoms. The summed E-state index contributed by atoms with van der Waals surface area (Å²) in [5, 5.41) is 0. The van der Waals surface area contributed by atoms with Crippen LogP contribution in [0.5, 0.6) is 0 Å². The molecule has 2 rings (SSSR count). The Hall–Kier alpha value is -0.520. The van der Waals surface area contributed by atoms with E-state index in [-0.39, 0.29) is 0 Å². The Kier molecular flexibility index (Phi) is 1.01. The first kappa shape index (κ1) is 5.28. The molecular formula is C9H12. The van der Waals surface area contributed by atoms with Crippen molar-refractivity contribution in [1.29, 1.82) is 0 Å². The lowest BCUT2D eigenvalue weighted by molar-refractivity contribution is 0.709. The number of hydrogen-bond donors (Lipinski definition) is 0. The molecule has 0 aromatic rings. The van der Waals surface area contributed by atoms with E-state index in [1.165, 1.54) is 24.8 Å². The molecule has 48 valence electrons. The summed E-state index contributed by atoms with van der Waals surface area (Å²) in [6.07, 6.45) is 8.61. The van der Waals surface area contributed by atoms with Crippen molar-refractivity contribution in [1.82, 2.24) is 0 Å². The molecule has 0 radical (unpaired) electrons. The van der Waals surface area contributed by atoms with E-state index in [1.807, 2.05) is 0 Å². The SMILES string of the molecule is C=C1C=CC2CC2CC1. The summed E-state index contributed by atoms with van der Waals surface area (Å²) in [4.78, 5) is 0. The monoisotopic (exact) mass is 120 g/mol. The molecule has 0 N–H and O–H groups in total. The van der Waals surface area contributed by atoms with Gasteiger partial charge in [0.2, 0.25) is 0 Å². The highest BCUT2D eigenvalue weighted by atomic mass is 14.4. The standard InChI is InChI=1S/C9H12/c1-7-2-4-8-6-9(8)5-3-7/h2,4,8-9H,1,3,5-6H2. The van der Waals surface area contributed by atoms with Gasteiger partial charge in [0.25, 0.3) is 0 Å². The fourth-order valence-electron chi connectivity index (χ4n) is 1.55. The number of rotatable bonds is 0. The third kappa shape index (κ3) is 0.937. The van der Waals surface area contributed by atoms with E-state index in [4.69, 9.17) is 0 Å². The van der Waals surface area contributed by atoms with Crippen LogP contribution in [0.1, 0.15) is 19.3 Å². The average Bonchev–Trinajstić information content (AvgIpc) is 2.54. The van der Waals surface area contributed by atoms with Crippen molar-refractivity contribution < 1.29 is 0 Å². The van der Waals surface area contributed by atoms with Crippen LogP contribution in [0.25, 0.3) is 0 Å². The van der Waals surface area contributed by atoms with Gasteiger partial charge in [0.15, 0.2) is 0 Å². The van der Waals surface area contributed by atoms with Gasteiger partial charge in [-0.2, -0.15) is 0 Å².